The fraction of sp³-hybridized carbons (Fsp3) is 0.591. The highest BCUT2D eigenvalue weighted by molar-refractivity contribution is 9.09. The van der Waals surface area contributed by atoms with E-state index in [9.17, 15) is 19.5 Å². The van der Waals surface area contributed by atoms with Crippen LogP contribution < -0.4 is 10.1 Å². The largest absolute Gasteiger partial charge is 0.497 e. The lowest BCUT2D eigenvalue weighted by molar-refractivity contribution is -0.153. The number of esters is 1. The first-order valence-electron chi connectivity index (χ1n) is 10.7. The number of nitrogens with zero attached hydrogens (tertiary/aromatic N) is 1. The number of methoxy groups -OCH3 is 1. The Labute approximate surface area is 199 Å². The van der Waals surface area contributed by atoms with Crippen molar-refractivity contribution in [1.29, 1.82) is 0 Å². The highest BCUT2D eigenvalue weighted by atomic mass is 79.9. The van der Waals surface area contributed by atoms with Gasteiger partial charge in [-0.25, -0.2) is 0 Å². The molecule has 3 saturated heterocycles. The summed E-state index contributed by atoms with van der Waals surface area (Å²) in [5.74, 6) is -1.42. The van der Waals surface area contributed by atoms with E-state index in [2.05, 4.69) is 21.2 Å². The van der Waals surface area contributed by atoms with Crippen LogP contribution >= 0.6 is 27.7 Å². The van der Waals surface area contributed by atoms with Crippen LogP contribution in [-0.2, 0) is 19.1 Å². The topological polar surface area (TPSA) is 105 Å². The minimum Gasteiger partial charge on any atom is -0.497 e. The molecule has 3 aliphatic rings. The molecule has 3 unspecified atom stereocenters. The Bertz CT molecular complexity index is 899. The molecule has 2 amide bonds. The number of likely N-dealkylation sites (tertiary alicyclic amines) is 1. The Hall–Kier alpha value is -1.78. The maximum absolute atomic E-state index is 13.6. The third-order valence-electron chi connectivity index (χ3n) is 6.51. The predicted octanol–water partition coefficient (Wildman–Crippen LogP) is 2.04. The standard InChI is InChI=1S/C22H27BrN2O6S/c1-3-31-21(29)15-16-20(28)25(9-4-10-26)18(22(16)11-14(23)17(15)32-22)19(27)24-12-5-7-13(30-2)8-6-12/h5-8,14-18,26H,3-4,9-11H2,1-2H3,(H,24,27)/t14?,15-,16+,17-,18?,22?/m1/s1. The summed E-state index contributed by atoms with van der Waals surface area (Å²) in [7, 11) is 1.57. The number of nitrogens with one attached hydrogen (secondary N) is 1. The number of hydrogen-bond acceptors (Lipinski definition) is 7. The fourth-order valence-electron chi connectivity index (χ4n) is 5.30. The van der Waals surface area contributed by atoms with Crippen LogP contribution in [0.1, 0.15) is 19.8 Å². The minimum absolute atomic E-state index is 0.0000318. The van der Waals surface area contributed by atoms with E-state index < -0.39 is 22.6 Å². The number of ether oxygens (including phenoxy) is 2. The average Bonchev–Trinajstić information content (AvgIpc) is 3.36. The number of carbonyl (C=O) groups is 3. The van der Waals surface area contributed by atoms with Crippen LogP contribution in [0.3, 0.4) is 0 Å². The van der Waals surface area contributed by atoms with Crippen molar-refractivity contribution in [2.75, 3.05) is 32.2 Å². The van der Waals surface area contributed by atoms with Crippen molar-refractivity contribution >= 4 is 51.2 Å². The molecule has 0 aliphatic carbocycles. The molecule has 1 aromatic rings. The van der Waals surface area contributed by atoms with E-state index in [1.807, 2.05) is 0 Å². The summed E-state index contributed by atoms with van der Waals surface area (Å²) in [6.45, 7) is 2.15. The quantitative estimate of drug-likeness (QED) is 0.394. The lowest BCUT2D eigenvalue weighted by Crippen LogP contribution is -2.52. The van der Waals surface area contributed by atoms with Gasteiger partial charge in [-0.2, -0.15) is 0 Å². The lowest BCUT2D eigenvalue weighted by Gasteiger charge is -2.35. The van der Waals surface area contributed by atoms with Gasteiger partial charge >= 0.3 is 5.97 Å². The molecule has 0 aromatic heterocycles. The molecule has 0 saturated carbocycles. The van der Waals surface area contributed by atoms with Crippen molar-refractivity contribution in [1.82, 2.24) is 4.90 Å². The summed E-state index contributed by atoms with van der Waals surface area (Å²) in [6, 6.07) is 6.24. The molecular formula is C22H27BrN2O6S. The van der Waals surface area contributed by atoms with E-state index in [0.29, 0.717) is 24.3 Å². The van der Waals surface area contributed by atoms with Gasteiger partial charge in [0, 0.05) is 28.9 Å². The van der Waals surface area contributed by atoms with Crippen molar-refractivity contribution in [2.24, 2.45) is 11.8 Å². The summed E-state index contributed by atoms with van der Waals surface area (Å²) in [5, 5.41) is 12.2. The Morgan fingerprint density at radius 3 is 2.69 bits per heavy atom. The van der Waals surface area contributed by atoms with Crippen LogP contribution in [0.5, 0.6) is 5.75 Å². The van der Waals surface area contributed by atoms with Gasteiger partial charge in [-0.05, 0) is 44.0 Å². The second-order valence-corrected chi connectivity index (χ2v) is 11.0. The van der Waals surface area contributed by atoms with Crippen molar-refractivity contribution in [3.05, 3.63) is 24.3 Å². The maximum Gasteiger partial charge on any atom is 0.310 e. The molecule has 32 heavy (non-hydrogen) atoms. The summed E-state index contributed by atoms with van der Waals surface area (Å²) in [6.07, 6.45) is 0.960. The molecule has 1 aromatic carbocycles. The first-order valence-corrected chi connectivity index (χ1v) is 12.5. The van der Waals surface area contributed by atoms with Crippen molar-refractivity contribution < 1.29 is 29.0 Å². The van der Waals surface area contributed by atoms with Crippen LogP contribution in [0.4, 0.5) is 5.69 Å². The zero-order valence-electron chi connectivity index (χ0n) is 18.0. The van der Waals surface area contributed by atoms with Gasteiger partial charge in [0.2, 0.25) is 11.8 Å². The fourth-order valence-corrected chi connectivity index (χ4v) is 8.91. The summed E-state index contributed by atoms with van der Waals surface area (Å²) < 4.78 is 9.76. The van der Waals surface area contributed by atoms with Crippen molar-refractivity contribution in [3.8, 4) is 5.75 Å². The third-order valence-corrected chi connectivity index (χ3v) is 9.73. The number of rotatable bonds is 8. The van der Waals surface area contributed by atoms with Gasteiger partial charge in [0.25, 0.3) is 0 Å². The predicted molar refractivity (Wildman–Crippen MR) is 124 cm³/mol. The van der Waals surface area contributed by atoms with Gasteiger partial charge in [0.05, 0.1) is 30.3 Å². The Kier molecular flexibility index (Phi) is 6.74. The molecule has 1 spiro atoms. The van der Waals surface area contributed by atoms with Gasteiger partial charge in [0.1, 0.15) is 11.8 Å². The highest BCUT2D eigenvalue weighted by Gasteiger charge is 2.75. The molecule has 10 heteroatoms. The zero-order chi connectivity index (χ0) is 23.0. The van der Waals surface area contributed by atoms with Crippen LogP contribution in [0.15, 0.2) is 24.3 Å². The number of aliphatic hydroxyl groups is 1. The van der Waals surface area contributed by atoms with Gasteiger partial charge in [-0.1, -0.05) is 15.9 Å². The average molecular weight is 527 g/mol. The van der Waals surface area contributed by atoms with E-state index in [1.165, 1.54) is 0 Å². The Morgan fingerprint density at radius 1 is 1.34 bits per heavy atom. The van der Waals surface area contributed by atoms with Gasteiger partial charge in [-0.15, -0.1) is 11.8 Å². The summed E-state index contributed by atoms with van der Waals surface area (Å²) in [5.41, 5.74) is 0.597. The molecule has 6 atom stereocenters. The molecule has 2 bridgehead atoms. The van der Waals surface area contributed by atoms with E-state index in [1.54, 1.807) is 55.0 Å². The first kappa shape index (κ1) is 23.4. The third kappa shape index (κ3) is 3.70. The number of carbonyl (C=O) groups excluding carboxylic acids is 3. The molecule has 174 valence electrons. The first-order chi connectivity index (χ1) is 15.4. The Morgan fingerprint density at radius 2 is 2.06 bits per heavy atom. The number of aliphatic hydroxyl groups excluding tert-OH is 1. The van der Waals surface area contributed by atoms with Crippen molar-refractivity contribution in [2.45, 2.75) is 40.6 Å². The monoisotopic (exact) mass is 526 g/mol. The van der Waals surface area contributed by atoms with Gasteiger partial charge in [-0.3, -0.25) is 14.4 Å². The molecule has 3 fully saturated rings. The normalized spacial score (nSPS) is 32.7. The zero-order valence-corrected chi connectivity index (χ0v) is 20.4. The van der Waals surface area contributed by atoms with E-state index in [-0.39, 0.29) is 47.6 Å². The second kappa shape index (κ2) is 9.23. The number of anilines is 1. The molecule has 4 rings (SSSR count). The summed E-state index contributed by atoms with van der Waals surface area (Å²) >= 11 is 5.25. The van der Waals surface area contributed by atoms with Gasteiger partial charge in [0.15, 0.2) is 0 Å². The number of thioether (sulfide) groups is 1. The lowest BCUT2D eigenvalue weighted by atomic mass is 9.71. The second-order valence-electron chi connectivity index (χ2n) is 8.24. The number of benzene rings is 1. The molecule has 2 N–H and O–H groups in total. The SMILES string of the molecule is CCOC(=O)[C@H]1[C@@H]2SC3(CC2Br)C(C(=O)Nc2ccc(OC)cc2)N(CCCO)C(=O)[C@H]13. The minimum atomic E-state index is -0.747. The van der Waals surface area contributed by atoms with E-state index in [0.717, 1.165) is 0 Å². The summed E-state index contributed by atoms with van der Waals surface area (Å²) in [4.78, 5) is 41.5. The van der Waals surface area contributed by atoms with E-state index >= 15 is 0 Å². The van der Waals surface area contributed by atoms with Crippen LogP contribution in [0.2, 0.25) is 0 Å². The smallest absolute Gasteiger partial charge is 0.310 e. The van der Waals surface area contributed by atoms with Crippen LogP contribution in [0.25, 0.3) is 0 Å². The molecular weight excluding hydrogens is 500 g/mol. The molecule has 8 nitrogen and oxygen atoms in total. The molecule has 0 radical (unpaired) electrons. The number of halogens is 1. The highest BCUT2D eigenvalue weighted by Crippen LogP contribution is 2.67. The van der Waals surface area contributed by atoms with Crippen LogP contribution in [0, 0.1) is 11.8 Å². The molecule has 3 aliphatic heterocycles. The maximum atomic E-state index is 13.6. The van der Waals surface area contributed by atoms with Crippen LogP contribution in [-0.4, -0.2) is 75.5 Å². The molecule has 3 heterocycles. The Balaban J connectivity index is 1.68. The number of alkyl halides is 1. The van der Waals surface area contributed by atoms with E-state index in [4.69, 9.17) is 9.47 Å². The van der Waals surface area contributed by atoms with Gasteiger partial charge < -0.3 is 24.8 Å². The number of amides is 2. The van der Waals surface area contributed by atoms with Crippen molar-refractivity contribution in [3.63, 3.8) is 0 Å². The number of hydrogen-bond donors (Lipinski definition) is 2. The number of fused-ring (bicyclic) bond motifs is 1.